The largest absolute Gasteiger partial charge is 0.346 e. The van der Waals surface area contributed by atoms with Gasteiger partial charge in [-0.1, -0.05) is 17.7 Å². The van der Waals surface area contributed by atoms with Crippen molar-refractivity contribution in [3.05, 3.63) is 88.7 Å². The van der Waals surface area contributed by atoms with Crippen LogP contribution in [0.4, 0.5) is 0 Å². The molecule has 0 saturated heterocycles. The number of aromatic nitrogens is 4. The summed E-state index contributed by atoms with van der Waals surface area (Å²) in [5.41, 5.74) is 4.41. The average Bonchev–Trinajstić information content (AvgIpc) is 3.06. The molecule has 1 N–H and O–H groups in total. The van der Waals surface area contributed by atoms with Gasteiger partial charge < -0.3 is 4.98 Å². The molecule has 0 fully saturated rings. The van der Waals surface area contributed by atoms with Crippen molar-refractivity contribution in [3.63, 3.8) is 0 Å². The molecule has 0 spiro atoms. The average molecular weight is 363 g/mol. The van der Waals surface area contributed by atoms with E-state index >= 15 is 0 Å². The van der Waals surface area contributed by atoms with Gasteiger partial charge in [0.1, 0.15) is 10.8 Å². The van der Waals surface area contributed by atoms with Crippen molar-refractivity contribution < 1.29 is 4.79 Å². The number of aromatic amines is 1. The molecule has 0 unspecified atom stereocenters. The minimum Gasteiger partial charge on any atom is -0.346 e. The standard InChI is InChI=1S/C20H15ClN4O/c21-19-9-14(5-7-22-19)18(26)10-16-4-3-13(11-24-16)8-15-12-25-20-17(15)2-1-6-23-20/h1-7,9,11-12H,8,10H2,(H,23,25). The summed E-state index contributed by atoms with van der Waals surface area (Å²) in [4.78, 5) is 28.1. The van der Waals surface area contributed by atoms with Gasteiger partial charge in [-0.3, -0.25) is 9.78 Å². The van der Waals surface area contributed by atoms with E-state index in [4.69, 9.17) is 11.6 Å². The summed E-state index contributed by atoms with van der Waals surface area (Å²) in [6.45, 7) is 0. The molecular formula is C20H15ClN4O. The van der Waals surface area contributed by atoms with Crippen molar-refractivity contribution in [2.75, 3.05) is 0 Å². The minimum absolute atomic E-state index is 0.0303. The maximum Gasteiger partial charge on any atom is 0.168 e. The topological polar surface area (TPSA) is 71.5 Å². The Morgan fingerprint density at radius 1 is 1.08 bits per heavy atom. The van der Waals surface area contributed by atoms with Gasteiger partial charge in [0, 0.05) is 47.9 Å². The second kappa shape index (κ2) is 7.06. The summed E-state index contributed by atoms with van der Waals surface area (Å²) in [7, 11) is 0. The van der Waals surface area contributed by atoms with Crippen molar-refractivity contribution in [1.82, 2.24) is 19.9 Å². The molecular weight excluding hydrogens is 348 g/mol. The highest BCUT2D eigenvalue weighted by Gasteiger charge is 2.10. The summed E-state index contributed by atoms with van der Waals surface area (Å²) < 4.78 is 0. The number of H-pyrrole nitrogens is 1. The quantitative estimate of drug-likeness (QED) is 0.430. The van der Waals surface area contributed by atoms with Crippen molar-refractivity contribution in [2.24, 2.45) is 0 Å². The zero-order valence-electron chi connectivity index (χ0n) is 13.8. The maximum absolute atomic E-state index is 12.3. The molecule has 4 aromatic rings. The van der Waals surface area contributed by atoms with Gasteiger partial charge in [0.2, 0.25) is 0 Å². The van der Waals surface area contributed by atoms with Gasteiger partial charge in [0.15, 0.2) is 5.78 Å². The van der Waals surface area contributed by atoms with E-state index in [0.29, 0.717) is 10.7 Å². The van der Waals surface area contributed by atoms with E-state index in [1.54, 1.807) is 18.3 Å². The molecule has 4 aromatic heterocycles. The number of rotatable bonds is 5. The fourth-order valence-electron chi connectivity index (χ4n) is 2.89. The first-order chi connectivity index (χ1) is 12.7. The van der Waals surface area contributed by atoms with Crippen LogP contribution in [0, 0.1) is 0 Å². The Morgan fingerprint density at radius 3 is 2.81 bits per heavy atom. The normalized spacial score (nSPS) is 11.0. The van der Waals surface area contributed by atoms with Crippen LogP contribution in [0.5, 0.6) is 0 Å². The third-order valence-electron chi connectivity index (χ3n) is 4.21. The smallest absolute Gasteiger partial charge is 0.168 e. The van der Waals surface area contributed by atoms with Gasteiger partial charge in [0.25, 0.3) is 0 Å². The highest BCUT2D eigenvalue weighted by atomic mass is 35.5. The number of nitrogens with zero attached hydrogens (tertiary/aromatic N) is 3. The molecule has 128 valence electrons. The zero-order valence-corrected chi connectivity index (χ0v) is 14.6. The molecule has 4 heterocycles. The molecule has 26 heavy (non-hydrogen) atoms. The van der Waals surface area contributed by atoms with Gasteiger partial charge in [-0.15, -0.1) is 0 Å². The van der Waals surface area contributed by atoms with Gasteiger partial charge in [-0.05, 0) is 41.5 Å². The number of Topliss-reactive ketones (excluding diaryl/α,β-unsaturated/α-hetero) is 1. The lowest BCUT2D eigenvalue weighted by molar-refractivity contribution is 0.0992. The Bertz CT molecular complexity index is 1070. The summed E-state index contributed by atoms with van der Waals surface area (Å²) in [6.07, 6.45) is 8.08. The van der Waals surface area contributed by atoms with Crippen LogP contribution < -0.4 is 0 Å². The Morgan fingerprint density at radius 2 is 2.00 bits per heavy atom. The number of hydrogen-bond donors (Lipinski definition) is 1. The molecule has 0 aliphatic heterocycles. The van der Waals surface area contributed by atoms with Gasteiger partial charge in [-0.2, -0.15) is 0 Å². The first kappa shape index (κ1) is 16.4. The predicted molar refractivity (Wildman–Crippen MR) is 100 cm³/mol. The van der Waals surface area contributed by atoms with Crippen LogP contribution in [0.15, 0.2) is 61.2 Å². The predicted octanol–water partition coefficient (Wildman–Crippen LogP) is 4.02. The van der Waals surface area contributed by atoms with Crippen LogP contribution in [-0.4, -0.2) is 25.7 Å². The third kappa shape index (κ3) is 3.48. The first-order valence-corrected chi connectivity index (χ1v) is 8.56. The minimum atomic E-state index is -0.0303. The zero-order chi connectivity index (χ0) is 17.9. The number of carbonyl (C=O) groups is 1. The third-order valence-corrected chi connectivity index (χ3v) is 4.41. The van der Waals surface area contributed by atoms with E-state index in [2.05, 4.69) is 26.0 Å². The summed E-state index contributed by atoms with van der Waals surface area (Å²) >= 11 is 5.84. The van der Waals surface area contributed by atoms with Crippen LogP contribution in [0.1, 0.15) is 27.2 Å². The number of carbonyl (C=O) groups excluding carboxylic acids is 1. The molecule has 0 amide bonds. The van der Waals surface area contributed by atoms with Gasteiger partial charge in [-0.25, -0.2) is 9.97 Å². The first-order valence-electron chi connectivity index (χ1n) is 8.18. The number of halogens is 1. The Kier molecular flexibility index (Phi) is 4.46. The van der Waals surface area contributed by atoms with Crippen molar-refractivity contribution >= 4 is 28.4 Å². The lowest BCUT2D eigenvalue weighted by atomic mass is 10.0. The molecule has 0 aliphatic carbocycles. The molecule has 0 bridgehead atoms. The lowest BCUT2D eigenvalue weighted by Gasteiger charge is -2.04. The Labute approximate surface area is 155 Å². The Hall–Kier alpha value is -3.05. The molecule has 0 aromatic carbocycles. The second-order valence-electron chi connectivity index (χ2n) is 6.02. The molecule has 4 rings (SSSR count). The highest BCUT2D eigenvalue weighted by molar-refractivity contribution is 6.29. The van der Waals surface area contributed by atoms with E-state index in [1.807, 2.05) is 30.6 Å². The van der Waals surface area contributed by atoms with Crippen LogP contribution in [-0.2, 0) is 12.8 Å². The number of nitrogens with one attached hydrogen (secondary N) is 1. The lowest BCUT2D eigenvalue weighted by Crippen LogP contribution is -2.05. The summed E-state index contributed by atoms with van der Waals surface area (Å²) in [6, 6.07) is 11.1. The second-order valence-corrected chi connectivity index (χ2v) is 6.40. The molecule has 6 heteroatoms. The van der Waals surface area contributed by atoms with E-state index < -0.39 is 0 Å². The summed E-state index contributed by atoms with van der Waals surface area (Å²) in [5, 5.41) is 1.42. The SMILES string of the molecule is O=C(Cc1ccc(Cc2c[nH]c3ncccc23)cn1)c1ccnc(Cl)c1. The number of fused-ring (bicyclic) bond motifs is 1. The maximum atomic E-state index is 12.3. The van der Waals surface area contributed by atoms with Gasteiger partial charge in [0.05, 0.1) is 6.42 Å². The van der Waals surface area contributed by atoms with Crippen molar-refractivity contribution in [1.29, 1.82) is 0 Å². The summed E-state index contributed by atoms with van der Waals surface area (Å²) in [5.74, 6) is -0.0303. The van der Waals surface area contributed by atoms with Crippen molar-refractivity contribution in [2.45, 2.75) is 12.8 Å². The van der Waals surface area contributed by atoms with Crippen molar-refractivity contribution in [3.8, 4) is 0 Å². The molecule has 0 atom stereocenters. The Balaban J connectivity index is 1.47. The van der Waals surface area contributed by atoms with Crippen LogP contribution in [0.3, 0.4) is 0 Å². The van der Waals surface area contributed by atoms with Crippen LogP contribution >= 0.6 is 11.6 Å². The molecule has 0 aliphatic rings. The highest BCUT2D eigenvalue weighted by Crippen LogP contribution is 2.19. The fourth-order valence-corrected chi connectivity index (χ4v) is 3.06. The van der Waals surface area contributed by atoms with Crippen LogP contribution in [0.2, 0.25) is 5.15 Å². The van der Waals surface area contributed by atoms with Gasteiger partial charge >= 0.3 is 0 Å². The van der Waals surface area contributed by atoms with E-state index in [-0.39, 0.29) is 12.2 Å². The molecule has 5 nitrogen and oxygen atoms in total. The van der Waals surface area contributed by atoms with E-state index in [0.717, 1.165) is 28.7 Å². The molecule has 0 radical (unpaired) electrons. The van der Waals surface area contributed by atoms with Crippen LogP contribution in [0.25, 0.3) is 11.0 Å². The number of hydrogen-bond acceptors (Lipinski definition) is 4. The number of pyridine rings is 3. The fraction of sp³-hybridized carbons (Fsp3) is 0.100. The number of ketones is 1. The monoisotopic (exact) mass is 362 g/mol. The van der Waals surface area contributed by atoms with E-state index in [1.165, 1.54) is 11.8 Å². The van der Waals surface area contributed by atoms with E-state index in [9.17, 15) is 4.79 Å². The molecule has 0 saturated carbocycles.